The number of allylic oxidation sites excluding steroid dienone is 4. The van der Waals surface area contributed by atoms with Gasteiger partial charge in [0.1, 0.15) is 0 Å². The largest absolute Gasteiger partial charge is 0.0851 e. The molecule has 0 aromatic heterocycles. The first-order chi connectivity index (χ1) is 18.9. The minimum atomic E-state index is 0.894. The van der Waals surface area contributed by atoms with Gasteiger partial charge in [-0.3, -0.25) is 0 Å². The number of rotatable bonds is 5. The number of fused-ring (bicyclic) bond motifs is 22. The number of hydrogen-bond donors (Lipinski definition) is 0. The average molecular weight is 523 g/mol. The van der Waals surface area contributed by atoms with Gasteiger partial charge in [-0.1, -0.05) is 153 Å². The van der Waals surface area contributed by atoms with E-state index in [-0.39, 0.29) is 0 Å². The molecule has 6 unspecified atom stereocenters. The highest BCUT2D eigenvalue weighted by Gasteiger charge is 2.28. The summed E-state index contributed by atoms with van der Waals surface area (Å²) in [5.74, 6) is 5.55. The summed E-state index contributed by atoms with van der Waals surface area (Å²) in [6.07, 6.45) is 52.4. The molecule has 0 aliphatic heterocycles. The molecule has 0 N–H and O–H groups in total. The van der Waals surface area contributed by atoms with E-state index in [1.54, 1.807) is 0 Å². The molecule has 0 amide bonds. The van der Waals surface area contributed by atoms with E-state index in [0.717, 1.165) is 35.5 Å². The van der Waals surface area contributed by atoms with Gasteiger partial charge in [-0.05, 0) is 86.9 Å². The van der Waals surface area contributed by atoms with Crippen molar-refractivity contribution in [3.05, 3.63) is 24.3 Å². The van der Waals surface area contributed by atoms with Crippen LogP contribution in [0.2, 0.25) is 0 Å². The highest BCUT2D eigenvalue weighted by Crippen LogP contribution is 2.40. The second-order valence-electron chi connectivity index (χ2n) is 14.4. The topological polar surface area (TPSA) is 0 Å². The van der Waals surface area contributed by atoms with Gasteiger partial charge < -0.3 is 0 Å². The van der Waals surface area contributed by atoms with Crippen molar-refractivity contribution in [2.24, 2.45) is 35.5 Å². The maximum Gasteiger partial charge on any atom is -0.0205 e. The third kappa shape index (κ3) is 11.5. The molecular formula is C38H66. The van der Waals surface area contributed by atoms with Crippen LogP contribution >= 0.6 is 0 Å². The number of unbranched alkanes of at least 4 members (excludes halogenated alkanes) is 1. The minimum Gasteiger partial charge on any atom is -0.0851 e. The maximum atomic E-state index is 2.71. The number of hydrogen-bond acceptors (Lipinski definition) is 0. The zero-order chi connectivity index (χ0) is 26.1. The monoisotopic (exact) mass is 523 g/mol. The maximum absolute atomic E-state index is 2.71. The summed E-state index contributed by atoms with van der Waals surface area (Å²) in [5.41, 5.74) is 0. The van der Waals surface area contributed by atoms with E-state index >= 15 is 0 Å². The standard InChI is InChI=1S/C38H66/c1-3-7-11-15-21-33-27-29-35(23-17-13-9-5-1)37(31-33)25-19-20-26-38-32-34-22-16-12-8-4-2-6-10-14-18-24-36(38)30-28-34/h27-30,33-38H,1-26,31-32H2. The van der Waals surface area contributed by atoms with Crippen molar-refractivity contribution >= 4 is 0 Å². The van der Waals surface area contributed by atoms with E-state index in [9.17, 15) is 0 Å². The summed E-state index contributed by atoms with van der Waals surface area (Å²) in [7, 11) is 0. The van der Waals surface area contributed by atoms with E-state index in [4.69, 9.17) is 0 Å². The lowest BCUT2D eigenvalue weighted by Gasteiger charge is -2.34. The average Bonchev–Trinajstić information content (AvgIpc) is 2.96. The molecule has 0 aromatic carbocycles. The Kier molecular flexibility index (Phi) is 15.0. The van der Waals surface area contributed by atoms with Crippen LogP contribution in [-0.2, 0) is 0 Å². The fraction of sp³-hybridized carbons (Fsp3) is 0.895. The van der Waals surface area contributed by atoms with Crippen LogP contribution in [0, 0.1) is 35.5 Å². The third-order valence-electron chi connectivity index (χ3n) is 11.3. The summed E-state index contributed by atoms with van der Waals surface area (Å²) in [4.78, 5) is 0. The van der Waals surface area contributed by atoms with Crippen LogP contribution in [0.5, 0.6) is 0 Å². The summed E-state index contributed by atoms with van der Waals surface area (Å²) in [5, 5.41) is 0. The van der Waals surface area contributed by atoms with Crippen molar-refractivity contribution in [1.29, 1.82) is 0 Å². The Balaban J connectivity index is 1.24. The van der Waals surface area contributed by atoms with Crippen molar-refractivity contribution in [3.8, 4) is 0 Å². The van der Waals surface area contributed by atoms with Crippen molar-refractivity contribution < 1.29 is 0 Å². The van der Waals surface area contributed by atoms with Crippen LogP contribution in [-0.4, -0.2) is 0 Å². The summed E-state index contributed by atoms with van der Waals surface area (Å²) in [6, 6.07) is 0. The molecule has 218 valence electrons. The van der Waals surface area contributed by atoms with E-state index in [0.29, 0.717) is 0 Å². The zero-order valence-corrected chi connectivity index (χ0v) is 25.6. The molecule has 0 radical (unpaired) electrons. The van der Waals surface area contributed by atoms with Gasteiger partial charge in [0.05, 0.1) is 0 Å². The second-order valence-corrected chi connectivity index (χ2v) is 14.4. The van der Waals surface area contributed by atoms with Crippen molar-refractivity contribution in [2.75, 3.05) is 0 Å². The fourth-order valence-corrected chi connectivity index (χ4v) is 8.82. The predicted octanol–water partition coefficient (Wildman–Crippen LogP) is 12.8. The van der Waals surface area contributed by atoms with Crippen LogP contribution in [0.1, 0.15) is 180 Å². The quantitative estimate of drug-likeness (QED) is 0.249. The second kappa shape index (κ2) is 18.8. The fourth-order valence-electron chi connectivity index (χ4n) is 8.82. The van der Waals surface area contributed by atoms with Crippen LogP contribution in [0.4, 0.5) is 0 Å². The molecule has 0 heterocycles. The van der Waals surface area contributed by atoms with Gasteiger partial charge in [-0.15, -0.1) is 0 Å². The first-order valence-corrected chi connectivity index (χ1v) is 18.2. The van der Waals surface area contributed by atoms with Gasteiger partial charge in [-0.2, -0.15) is 0 Å². The van der Waals surface area contributed by atoms with Gasteiger partial charge in [0.25, 0.3) is 0 Å². The Hall–Kier alpha value is -0.520. The van der Waals surface area contributed by atoms with Crippen molar-refractivity contribution in [1.82, 2.24) is 0 Å². The molecule has 6 rings (SSSR count). The van der Waals surface area contributed by atoms with Gasteiger partial charge in [0.2, 0.25) is 0 Å². The highest BCUT2D eigenvalue weighted by molar-refractivity contribution is 5.03. The SMILES string of the molecule is C1=CC2CCCCCCCCCCCC1CC2CCCCC1CC2C=CC1CCCCCCCCCCC2. The van der Waals surface area contributed by atoms with E-state index in [1.165, 1.54) is 180 Å². The zero-order valence-electron chi connectivity index (χ0n) is 25.6. The Morgan fingerprint density at radius 2 is 0.658 bits per heavy atom. The van der Waals surface area contributed by atoms with Crippen LogP contribution < -0.4 is 0 Å². The van der Waals surface area contributed by atoms with Crippen molar-refractivity contribution in [2.45, 2.75) is 180 Å². The molecule has 0 saturated heterocycles. The lowest BCUT2D eigenvalue weighted by atomic mass is 9.72. The molecule has 6 atom stereocenters. The third-order valence-corrected chi connectivity index (χ3v) is 11.3. The molecule has 0 aromatic rings. The Morgan fingerprint density at radius 3 is 1.03 bits per heavy atom. The van der Waals surface area contributed by atoms with Crippen molar-refractivity contribution in [3.63, 3.8) is 0 Å². The van der Waals surface area contributed by atoms with Gasteiger partial charge >= 0.3 is 0 Å². The van der Waals surface area contributed by atoms with Crippen LogP contribution in [0.3, 0.4) is 0 Å². The minimum absolute atomic E-state index is 0.894. The summed E-state index contributed by atoms with van der Waals surface area (Å²) in [6.45, 7) is 0. The smallest absolute Gasteiger partial charge is 0.0205 e. The normalized spacial score (nSPS) is 35.2. The van der Waals surface area contributed by atoms with E-state index < -0.39 is 0 Å². The lowest BCUT2D eigenvalue weighted by molar-refractivity contribution is 0.238. The first-order valence-electron chi connectivity index (χ1n) is 18.2. The van der Waals surface area contributed by atoms with Gasteiger partial charge in [0, 0.05) is 0 Å². The molecule has 6 aliphatic rings. The Bertz CT molecular complexity index is 586. The molecule has 2 saturated carbocycles. The highest BCUT2D eigenvalue weighted by atomic mass is 14.3. The van der Waals surface area contributed by atoms with E-state index in [2.05, 4.69) is 24.3 Å². The molecule has 4 bridgehead atoms. The predicted molar refractivity (Wildman–Crippen MR) is 168 cm³/mol. The Morgan fingerprint density at radius 1 is 0.342 bits per heavy atom. The lowest BCUT2D eigenvalue weighted by Crippen LogP contribution is -2.22. The van der Waals surface area contributed by atoms with Gasteiger partial charge in [-0.25, -0.2) is 0 Å². The first kappa shape index (κ1) is 30.4. The summed E-state index contributed by atoms with van der Waals surface area (Å²) < 4.78 is 0. The summed E-state index contributed by atoms with van der Waals surface area (Å²) >= 11 is 0. The van der Waals surface area contributed by atoms with Crippen LogP contribution in [0.15, 0.2) is 24.3 Å². The molecule has 0 nitrogen and oxygen atoms in total. The molecule has 2 fully saturated rings. The van der Waals surface area contributed by atoms with Crippen LogP contribution in [0.25, 0.3) is 0 Å². The molecule has 0 spiro atoms. The molecular weight excluding hydrogens is 456 g/mol. The molecule has 38 heavy (non-hydrogen) atoms. The Labute approximate surface area is 239 Å². The molecule has 6 aliphatic carbocycles. The van der Waals surface area contributed by atoms with Gasteiger partial charge in [0.15, 0.2) is 0 Å². The molecule has 0 heteroatoms. The van der Waals surface area contributed by atoms with E-state index in [1.807, 2.05) is 0 Å².